The number of aryl methyl sites for hydroxylation is 1. The van der Waals surface area contributed by atoms with E-state index in [1.807, 2.05) is 13.0 Å². The van der Waals surface area contributed by atoms with E-state index in [0.717, 1.165) is 5.56 Å². The average Bonchev–Trinajstić information content (AvgIpc) is 2.45. The summed E-state index contributed by atoms with van der Waals surface area (Å²) in [6.45, 7) is 1.97. The highest BCUT2D eigenvalue weighted by atomic mass is 35.5. The van der Waals surface area contributed by atoms with Crippen molar-refractivity contribution in [2.45, 2.75) is 20.0 Å². The summed E-state index contributed by atoms with van der Waals surface area (Å²) < 4.78 is 5.56. The van der Waals surface area contributed by atoms with Crippen LogP contribution in [0, 0.1) is 10.1 Å². The molecule has 0 saturated carbocycles. The van der Waals surface area contributed by atoms with Crippen LogP contribution in [0.1, 0.15) is 18.1 Å². The molecular weight excluding hydrogens is 294 g/mol. The Hall–Kier alpha value is -2.27. The summed E-state index contributed by atoms with van der Waals surface area (Å²) in [6, 6.07) is 9.28. The molecule has 0 unspecified atom stereocenters. The predicted octanol–water partition coefficient (Wildman–Crippen LogP) is 4.10. The predicted molar refractivity (Wildman–Crippen MR) is 79.9 cm³/mol. The number of ether oxygens (including phenoxy) is 1. The zero-order valence-electron chi connectivity index (χ0n) is 11.4. The van der Waals surface area contributed by atoms with Crippen LogP contribution in [-0.2, 0) is 13.0 Å². The number of phenolic OH excluding ortho intramolecular Hbond substituents is 1. The van der Waals surface area contributed by atoms with Crippen molar-refractivity contribution in [3.05, 3.63) is 62.7 Å². The molecule has 0 aliphatic rings. The van der Waals surface area contributed by atoms with E-state index in [4.69, 9.17) is 16.3 Å². The number of nitro benzene ring substituents is 1. The fourth-order valence-corrected chi connectivity index (χ4v) is 2.28. The van der Waals surface area contributed by atoms with Crippen LogP contribution in [-0.4, -0.2) is 10.0 Å². The molecule has 0 bridgehead atoms. The van der Waals surface area contributed by atoms with E-state index in [1.54, 1.807) is 6.07 Å². The fraction of sp³-hybridized carbons (Fsp3) is 0.200. The molecule has 110 valence electrons. The molecule has 0 aromatic heterocycles. The first-order chi connectivity index (χ1) is 10.0. The van der Waals surface area contributed by atoms with Gasteiger partial charge < -0.3 is 9.84 Å². The Balaban J connectivity index is 2.28. The van der Waals surface area contributed by atoms with Crippen LogP contribution in [0.15, 0.2) is 36.4 Å². The first kappa shape index (κ1) is 15.1. The van der Waals surface area contributed by atoms with Crippen molar-refractivity contribution >= 4 is 17.3 Å². The SMILES string of the molecule is CCc1cccc([N+](=O)[O-])c1COc1ccc(O)cc1Cl. The van der Waals surface area contributed by atoms with Crippen LogP contribution < -0.4 is 4.74 Å². The van der Waals surface area contributed by atoms with Crippen LogP contribution in [0.2, 0.25) is 5.02 Å². The number of halogens is 1. The fourth-order valence-electron chi connectivity index (χ4n) is 2.05. The van der Waals surface area contributed by atoms with E-state index < -0.39 is 4.92 Å². The third kappa shape index (κ3) is 3.44. The van der Waals surface area contributed by atoms with E-state index >= 15 is 0 Å². The summed E-state index contributed by atoms with van der Waals surface area (Å²) in [5.41, 5.74) is 1.43. The lowest BCUT2D eigenvalue weighted by atomic mass is 10.0. The van der Waals surface area contributed by atoms with E-state index in [2.05, 4.69) is 0 Å². The molecule has 2 rings (SSSR count). The molecule has 0 spiro atoms. The number of benzene rings is 2. The second kappa shape index (κ2) is 6.45. The van der Waals surface area contributed by atoms with E-state index in [0.29, 0.717) is 17.7 Å². The Morgan fingerprint density at radius 3 is 2.71 bits per heavy atom. The number of rotatable bonds is 5. The van der Waals surface area contributed by atoms with Gasteiger partial charge in [-0.05, 0) is 24.1 Å². The molecule has 2 aromatic rings. The van der Waals surface area contributed by atoms with Crippen LogP contribution in [0.4, 0.5) is 5.69 Å². The summed E-state index contributed by atoms with van der Waals surface area (Å²) in [6.07, 6.45) is 0.670. The molecule has 0 aliphatic heterocycles. The van der Waals surface area contributed by atoms with Crippen molar-refractivity contribution in [3.63, 3.8) is 0 Å². The minimum atomic E-state index is -0.420. The number of nitro groups is 1. The third-order valence-electron chi connectivity index (χ3n) is 3.11. The summed E-state index contributed by atoms with van der Waals surface area (Å²) in [7, 11) is 0. The lowest BCUT2D eigenvalue weighted by Gasteiger charge is -2.11. The van der Waals surface area contributed by atoms with Gasteiger partial charge in [-0.2, -0.15) is 0 Å². The van der Waals surface area contributed by atoms with Gasteiger partial charge in [0.1, 0.15) is 18.1 Å². The summed E-state index contributed by atoms with van der Waals surface area (Å²) in [4.78, 5) is 10.7. The number of aromatic hydroxyl groups is 1. The maximum absolute atomic E-state index is 11.1. The van der Waals surface area contributed by atoms with Crippen LogP contribution >= 0.6 is 11.6 Å². The average molecular weight is 308 g/mol. The van der Waals surface area contributed by atoms with E-state index in [9.17, 15) is 15.2 Å². The van der Waals surface area contributed by atoms with Gasteiger partial charge in [-0.3, -0.25) is 10.1 Å². The van der Waals surface area contributed by atoms with Gasteiger partial charge in [0.15, 0.2) is 0 Å². The van der Waals surface area contributed by atoms with Crippen molar-refractivity contribution in [1.82, 2.24) is 0 Å². The van der Waals surface area contributed by atoms with Crippen LogP contribution in [0.25, 0.3) is 0 Å². The van der Waals surface area contributed by atoms with Gasteiger partial charge in [0.2, 0.25) is 0 Å². The molecule has 0 amide bonds. The Morgan fingerprint density at radius 2 is 2.10 bits per heavy atom. The van der Waals surface area contributed by atoms with Gasteiger partial charge in [0.25, 0.3) is 5.69 Å². The molecule has 0 heterocycles. The molecule has 0 saturated heterocycles. The lowest BCUT2D eigenvalue weighted by Crippen LogP contribution is -2.04. The molecule has 5 nitrogen and oxygen atoms in total. The largest absolute Gasteiger partial charge is 0.508 e. The standard InChI is InChI=1S/C15H14ClNO4/c1-2-10-4-3-5-14(17(19)20)12(10)9-21-15-7-6-11(18)8-13(15)16/h3-8,18H,2,9H2,1H3. The van der Waals surface area contributed by atoms with Crippen LogP contribution in [0.3, 0.4) is 0 Å². The first-order valence-corrected chi connectivity index (χ1v) is 6.77. The molecule has 21 heavy (non-hydrogen) atoms. The minimum absolute atomic E-state index is 0.0317. The van der Waals surface area contributed by atoms with Gasteiger partial charge in [-0.15, -0.1) is 0 Å². The van der Waals surface area contributed by atoms with Crippen molar-refractivity contribution in [1.29, 1.82) is 0 Å². The van der Waals surface area contributed by atoms with Crippen molar-refractivity contribution < 1.29 is 14.8 Å². The first-order valence-electron chi connectivity index (χ1n) is 6.39. The topological polar surface area (TPSA) is 72.6 Å². The molecule has 6 heteroatoms. The molecule has 0 fully saturated rings. The number of hydrogen-bond acceptors (Lipinski definition) is 4. The molecule has 0 aliphatic carbocycles. The van der Waals surface area contributed by atoms with E-state index in [-0.39, 0.29) is 23.1 Å². The van der Waals surface area contributed by atoms with Gasteiger partial charge in [0, 0.05) is 12.1 Å². The maximum atomic E-state index is 11.1. The smallest absolute Gasteiger partial charge is 0.276 e. The zero-order valence-corrected chi connectivity index (χ0v) is 12.1. The minimum Gasteiger partial charge on any atom is -0.508 e. The van der Waals surface area contributed by atoms with Gasteiger partial charge in [0.05, 0.1) is 15.5 Å². The molecular formula is C15H14ClNO4. The highest BCUT2D eigenvalue weighted by Crippen LogP contribution is 2.30. The number of phenols is 1. The summed E-state index contributed by atoms with van der Waals surface area (Å²) in [5.74, 6) is 0.405. The monoisotopic (exact) mass is 307 g/mol. The Morgan fingerprint density at radius 1 is 1.33 bits per heavy atom. The number of nitrogens with zero attached hydrogens (tertiary/aromatic N) is 1. The Kier molecular flexibility index (Phi) is 4.65. The highest BCUT2D eigenvalue weighted by molar-refractivity contribution is 6.32. The van der Waals surface area contributed by atoms with Gasteiger partial charge >= 0.3 is 0 Å². The molecule has 0 radical (unpaired) electrons. The highest BCUT2D eigenvalue weighted by Gasteiger charge is 2.17. The van der Waals surface area contributed by atoms with Crippen LogP contribution in [0.5, 0.6) is 11.5 Å². The van der Waals surface area contributed by atoms with Gasteiger partial charge in [-0.1, -0.05) is 30.7 Å². The Bertz CT molecular complexity index is 673. The zero-order chi connectivity index (χ0) is 15.4. The quantitative estimate of drug-likeness (QED) is 0.667. The number of hydrogen-bond donors (Lipinski definition) is 1. The Labute approximate surface area is 126 Å². The van der Waals surface area contributed by atoms with Crippen molar-refractivity contribution in [3.8, 4) is 11.5 Å². The van der Waals surface area contributed by atoms with Gasteiger partial charge in [-0.25, -0.2) is 0 Å². The van der Waals surface area contributed by atoms with E-state index in [1.165, 1.54) is 24.3 Å². The molecule has 2 aromatic carbocycles. The normalized spacial score (nSPS) is 10.4. The second-order valence-electron chi connectivity index (χ2n) is 4.43. The third-order valence-corrected chi connectivity index (χ3v) is 3.41. The lowest BCUT2D eigenvalue weighted by molar-refractivity contribution is -0.385. The van der Waals surface area contributed by atoms with Crippen molar-refractivity contribution in [2.75, 3.05) is 0 Å². The summed E-state index contributed by atoms with van der Waals surface area (Å²) in [5, 5.41) is 20.7. The molecule has 1 N–H and O–H groups in total. The molecule has 0 atom stereocenters. The maximum Gasteiger partial charge on any atom is 0.276 e. The van der Waals surface area contributed by atoms with Crippen molar-refractivity contribution in [2.24, 2.45) is 0 Å². The second-order valence-corrected chi connectivity index (χ2v) is 4.84. The summed E-state index contributed by atoms with van der Waals surface area (Å²) >= 11 is 5.95.